The molecule has 0 bridgehead atoms. The minimum atomic E-state index is -0.697. The molecule has 2 heterocycles. The SMILES string of the molecule is CCCCn1c(N)c(N(Cc2ccco2)C(=O)CCc2cccc(OC3CCCC3)c2)c(=O)[nH]c1=O. The highest BCUT2D eigenvalue weighted by molar-refractivity contribution is 5.95. The fourth-order valence-electron chi connectivity index (χ4n) is 4.59. The van der Waals surface area contributed by atoms with E-state index in [9.17, 15) is 14.4 Å². The monoisotopic (exact) mass is 494 g/mol. The van der Waals surface area contributed by atoms with Gasteiger partial charge in [0, 0.05) is 13.0 Å². The van der Waals surface area contributed by atoms with E-state index in [0.717, 1.165) is 30.6 Å². The number of furan rings is 1. The van der Waals surface area contributed by atoms with Gasteiger partial charge in [-0.2, -0.15) is 0 Å². The van der Waals surface area contributed by atoms with Crippen LogP contribution in [-0.2, 0) is 24.3 Å². The van der Waals surface area contributed by atoms with Gasteiger partial charge in [-0.05, 0) is 68.4 Å². The number of nitrogens with one attached hydrogen (secondary N) is 1. The number of hydrogen-bond acceptors (Lipinski definition) is 6. The number of carbonyl (C=O) groups excluding carboxylic acids is 1. The van der Waals surface area contributed by atoms with E-state index in [4.69, 9.17) is 14.9 Å². The number of rotatable bonds is 11. The van der Waals surface area contributed by atoms with Crippen molar-refractivity contribution < 1.29 is 13.9 Å². The van der Waals surface area contributed by atoms with Crippen LogP contribution < -0.4 is 26.6 Å². The van der Waals surface area contributed by atoms with Gasteiger partial charge in [-0.15, -0.1) is 0 Å². The number of aromatic amines is 1. The molecular formula is C27H34N4O5. The number of aryl methyl sites for hydroxylation is 1. The fraction of sp³-hybridized carbons (Fsp3) is 0.444. The molecule has 1 aliphatic carbocycles. The zero-order chi connectivity index (χ0) is 25.5. The number of nitrogens with two attached hydrogens (primary N) is 1. The Morgan fingerprint density at radius 2 is 2.03 bits per heavy atom. The largest absolute Gasteiger partial charge is 0.490 e. The Labute approximate surface area is 209 Å². The molecule has 2 aromatic heterocycles. The second-order valence-electron chi connectivity index (χ2n) is 9.23. The van der Waals surface area contributed by atoms with Gasteiger partial charge < -0.3 is 14.9 Å². The molecule has 1 saturated carbocycles. The maximum Gasteiger partial charge on any atom is 0.330 e. The molecule has 1 aromatic carbocycles. The minimum Gasteiger partial charge on any atom is -0.490 e. The molecule has 3 aromatic rings. The van der Waals surface area contributed by atoms with Crippen molar-refractivity contribution in [3.63, 3.8) is 0 Å². The van der Waals surface area contributed by atoms with E-state index >= 15 is 0 Å². The maximum absolute atomic E-state index is 13.5. The van der Waals surface area contributed by atoms with Gasteiger partial charge in [0.2, 0.25) is 5.91 Å². The van der Waals surface area contributed by atoms with Crippen molar-refractivity contribution in [2.45, 2.75) is 77.5 Å². The van der Waals surface area contributed by atoms with Gasteiger partial charge in [0.15, 0.2) is 5.69 Å². The number of benzene rings is 1. The fourth-order valence-corrected chi connectivity index (χ4v) is 4.59. The molecule has 0 unspecified atom stereocenters. The van der Waals surface area contributed by atoms with Crippen LogP contribution in [-0.4, -0.2) is 21.6 Å². The molecule has 3 N–H and O–H groups in total. The number of carbonyl (C=O) groups is 1. The van der Waals surface area contributed by atoms with E-state index in [-0.39, 0.29) is 36.5 Å². The van der Waals surface area contributed by atoms with Gasteiger partial charge in [0.1, 0.15) is 17.3 Å². The van der Waals surface area contributed by atoms with Crippen LogP contribution in [0.4, 0.5) is 11.5 Å². The molecule has 9 nitrogen and oxygen atoms in total. The Balaban J connectivity index is 1.56. The number of H-pyrrole nitrogens is 1. The molecule has 4 rings (SSSR count). The van der Waals surface area contributed by atoms with Gasteiger partial charge in [0.05, 0.1) is 18.9 Å². The molecule has 0 atom stereocenters. The van der Waals surface area contributed by atoms with Crippen molar-refractivity contribution >= 4 is 17.4 Å². The molecule has 1 amide bonds. The topological polar surface area (TPSA) is 124 Å². The molecular weight excluding hydrogens is 460 g/mol. The smallest absolute Gasteiger partial charge is 0.330 e. The lowest BCUT2D eigenvalue weighted by molar-refractivity contribution is -0.118. The van der Waals surface area contributed by atoms with Crippen molar-refractivity contribution in [3.05, 3.63) is 74.8 Å². The lowest BCUT2D eigenvalue weighted by Crippen LogP contribution is -2.41. The van der Waals surface area contributed by atoms with Crippen molar-refractivity contribution in [1.82, 2.24) is 9.55 Å². The van der Waals surface area contributed by atoms with Crippen LogP contribution in [0.25, 0.3) is 0 Å². The summed E-state index contributed by atoms with van der Waals surface area (Å²) in [5.41, 5.74) is 5.95. The Kier molecular flexibility index (Phi) is 8.30. The molecule has 0 aliphatic heterocycles. The van der Waals surface area contributed by atoms with Crippen LogP contribution in [0.5, 0.6) is 5.75 Å². The average Bonchev–Trinajstić information content (AvgIpc) is 3.56. The summed E-state index contributed by atoms with van der Waals surface area (Å²) < 4.78 is 12.9. The highest BCUT2D eigenvalue weighted by atomic mass is 16.5. The third kappa shape index (κ3) is 6.08. The quantitative estimate of drug-likeness (QED) is 0.415. The number of hydrogen-bond donors (Lipinski definition) is 2. The standard InChI is InChI=1S/C27H34N4O5/c1-2-3-15-30-25(28)24(26(33)29-27(30)34)31(18-22-12-7-16-35-22)23(32)14-13-19-8-6-11-21(17-19)36-20-9-4-5-10-20/h6-8,11-12,16-17,20H,2-5,9-10,13-15,18,28H2,1H3,(H,29,33,34). The number of anilines is 2. The number of ether oxygens (including phenoxy) is 1. The summed E-state index contributed by atoms with van der Waals surface area (Å²) in [6, 6.07) is 11.2. The predicted octanol–water partition coefficient (Wildman–Crippen LogP) is 4.00. The number of aromatic nitrogens is 2. The first-order valence-electron chi connectivity index (χ1n) is 12.7. The summed E-state index contributed by atoms with van der Waals surface area (Å²) in [4.78, 5) is 42.4. The van der Waals surface area contributed by atoms with E-state index < -0.39 is 11.2 Å². The van der Waals surface area contributed by atoms with Crippen LogP contribution in [0.3, 0.4) is 0 Å². The van der Waals surface area contributed by atoms with Gasteiger partial charge in [0.25, 0.3) is 5.56 Å². The van der Waals surface area contributed by atoms with Crippen LogP contribution in [0, 0.1) is 0 Å². The number of unbranched alkanes of at least 4 members (excludes halogenated alkanes) is 1. The van der Waals surface area contributed by atoms with Gasteiger partial charge in [-0.3, -0.25) is 24.0 Å². The highest BCUT2D eigenvalue weighted by Gasteiger charge is 2.25. The second-order valence-corrected chi connectivity index (χ2v) is 9.23. The maximum atomic E-state index is 13.5. The summed E-state index contributed by atoms with van der Waals surface area (Å²) in [6.07, 6.45) is 8.44. The number of amides is 1. The van der Waals surface area contributed by atoms with Gasteiger partial charge in [-0.25, -0.2) is 4.79 Å². The Morgan fingerprint density at radius 1 is 1.22 bits per heavy atom. The minimum absolute atomic E-state index is 0.0237. The predicted molar refractivity (Wildman–Crippen MR) is 138 cm³/mol. The molecule has 36 heavy (non-hydrogen) atoms. The molecule has 0 spiro atoms. The average molecular weight is 495 g/mol. The molecule has 192 valence electrons. The zero-order valence-corrected chi connectivity index (χ0v) is 20.7. The molecule has 0 saturated heterocycles. The van der Waals surface area contributed by atoms with Crippen molar-refractivity contribution in [1.29, 1.82) is 0 Å². The zero-order valence-electron chi connectivity index (χ0n) is 20.7. The Morgan fingerprint density at radius 3 is 2.75 bits per heavy atom. The summed E-state index contributed by atoms with van der Waals surface area (Å²) in [7, 11) is 0. The third-order valence-electron chi connectivity index (χ3n) is 6.55. The van der Waals surface area contributed by atoms with Crippen LogP contribution >= 0.6 is 0 Å². The summed E-state index contributed by atoms with van der Waals surface area (Å²) in [5.74, 6) is 0.985. The first-order valence-corrected chi connectivity index (χ1v) is 12.7. The lowest BCUT2D eigenvalue weighted by Gasteiger charge is -2.24. The normalized spacial score (nSPS) is 13.7. The van der Waals surface area contributed by atoms with Crippen molar-refractivity contribution in [2.75, 3.05) is 10.6 Å². The van der Waals surface area contributed by atoms with Gasteiger partial charge >= 0.3 is 5.69 Å². The number of nitrogen functional groups attached to an aromatic ring is 1. The summed E-state index contributed by atoms with van der Waals surface area (Å²) in [5, 5.41) is 0. The van der Waals surface area contributed by atoms with Crippen molar-refractivity contribution in [3.8, 4) is 5.75 Å². The van der Waals surface area contributed by atoms with Crippen LogP contribution in [0.1, 0.15) is 63.2 Å². The van der Waals surface area contributed by atoms with Crippen molar-refractivity contribution in [2.24, 2.45) is 0 Å². The van der Waals surface area contributed by atoms with Crippen LogP contribution in [0.2, 0.25) is 0 Å². The van der Waals surface area contributed by atoms with Gasteiger partial charge in [-0.1, -0.05) is 25.5 Å². The Bertz CT molecular complexity index is 1270. The van der Waals surface area contributed by atoms with E-state index in [2.05, 4.69) is 4.98 Å². The third-order valence-corrected chi connectivity index (χ3v) is 6.55. The highest BCUT2D eigenvalue weighted by Crippen LogP contribution is 2.26. The lowest BCUT2D eigenvalue weighted by atomic mass is 10.1. The number of nitrogens with zero attached hydrogens (tertiary/aromatic N) is 2. The molecule has 1 fully saturated rings. The second kappa shape index (κ2) is 11.8. The molecule has 0 radical (unpaired) electrons. The first kappa shape index (κ1) is 25.3. The van der Waals surface area contributed by atoms with E-state index in [1.165, 1.54) is 28.6 Å². The van der Waals surface area contributed by atoms with E-state index in [1.54, 1.807) is 12.1 Å². The Hall–Kier alpha value is -3.75. The van der Waals surface area contributed by atoms with E-state index in [1.807, 2.05) is 31.2 Å². The molecule has 1 aliphatic rings. The summed E-state index contributed by atoms with van der Waals surface area (Å²) in [6.45, 7) is 2.37. The molecule has 9 heteroatoms. The van der Waals surface area contributed by atoms with E-state index in [0.29, 0.717) is 25.1 Å². The first-order chi connectivity index (χ1) is 17.5. The summed E-state index contributed by atoms with van der Waals surface area (Å²) >= 11 is 0. The van der Waals surface area contributed by atoms with Crippen LogP contribution in [0.15, 0.2) is 56.7 Å².